The van der Waals surface area contributed by atoms with Gasteiger partial charge >= 0.3 is 5.69 Å². The van der Waals surface area contributed by atoms with E-state index in [1.807, 2.05) is 38.1 Å². The van der Waals surface area contributed by atoms with E-state index in [2.05, 4.69) is 15.0 Å². The normalized spacial score (nSPS) is 12.5. The predicted molar refractivity (Wildman–Crippen MR) is 140 cm³/mol. The van der Waals surface area contributed by atoms with Gasteiger partial charge in [-0.05, 0) is 36.8 Å². The highest BCUT2D eigenvalue weighted by molar-refractivity contribution is 7.90. The van der Waals surface area contributed by atoms with E-state index in [4.69, 9.17) is 9.47 Å². The number of H-pyrrole nitrogens is 1. The summed E-state index contributed by atoms with van der Waals surface area (Å²) >= 11 is 0. The van der Waals surface area contributed by atoms with Crippen LogP contribution < -0.4 is 20.1 Å². The number of ether oxygens (including phenoxy) is 2. The molecule has 2 aromatic heterocycles. The van der Waals surface area contributed by atoms with Gasteiger partial charge in [0.25, 0.3) is 0 Å². The fourth-order valence-corrected chi connectivity index (χ4v) is 5.14. The van der Waals surface area contributed by atoms with E-state index in [-0.39, 0.29) is 5.75 Å². The number of methoxy groups -OCH3 is 1. The average Bonchev–Trinajstić information content (AvgIpc) is 3.16. The van der Waals surface area contributed by atoms with Crippen molar-refractivity contribution in [1.82, 2.24) is 19.5 Å². The second-order valence-corrected chi connectivity index (χ2v) is 10.8. The molecule has 0 saturated carbocycles. The lowest BCUT2D eigenvalue weighted by Crippen LogP contribution is -2.28. The summed E-state index contributed by atoms with van der Waals surface area (Å²) in [6.45, 7) is 2.25. The molecule has 0 bridgehead atoms. The van der Waals surface area contributed by atoms with Crippen molar-refractivity contribution >= 4 is 26.7 Å². The maximum Gasteiger partial charge on any atom is 0.327 e. The van der Waals surface area contributed by atoms with Crippen LogP contribution in [-0.2, 0) is 9.84 Å². The van der Waals surface area contributed by atoms with Crippen LogP contribution in [0.2, 0.25) is 0 Å². The van der Waals surface area contributed by atoms with Gasteiger partial charge in [-0.3, -0.25) is 9.55 Å². The summed E-state index contributed by atoms with van der Waals surface area (Å²) in [6, 6.07) is 9.86. The van der Waals surface area contributed by atoms with Gasteiger partial charge in [-0.1, -0.05) is 12.1 Å². The molecule has 4 aromatic rings. The Hall–Kier alpha value is -3.86. The van der Waals surface area contributed by atoms with Crippen molar-refractivity contribution in [3.05, 3.63) is 64.8 Å². The van der Waals surface area contributed by atoms with E-state index in [9.17, 15) is 13.2 Å². The lowest BCUT2D eigenvalue weighted by Gasteiger charge is -2.20. The van der Waals surface area contributed by atoms with Crippen LogP contribution in [0.5, 0.6) is 11.5 Å². The number of aromatic nitrogens is 4. The van der Waals surface area contributed by atoms with Crippen LogP contribution in [0, 0.1) is 0 Å². The van der Waals surface area contributed by atoms with Crippen LogP contribution in [0.3, 0.4) is 0 Å². The standard InChI is InChI=1S/C25H29N5O5S/c1-6-35-22-14-16(8-10-21(22)34-4)20(15-36(5,32)33)30-19-9-7-17(13-18(19)28-25(30)31)23-24(29(2)3)27-12-11-26-23/h7-14,20H,6,15H2,1-5H3,(H,28,31)/t20-/m1/s1. The Morgan fingerprint density at radius 3 is 2.50 bits per heavy atom. The zero-order valence-corrected chi connectivity index (χ0v) is 21.7. The summed E-state index contributed by atoms with van der Waals surface area (Å²) in [5.41, 5.74) is 2.76. The molecule has 0 spiro atoms. The monoisotopic (exact) mass is 511 g/mol. The Labute approximate surface area is 209 Å². The number of nitrogens with zero attached hydrogens (tertiary/aromatic N) is 4. The van der Waals surface area contributed by atoms with Gasteiger partial charge in [0.2, 0.25) is 0 Å². The van der Waals surface area contributed by atoms with Crippen LogP contribution in [0.1, 0.15) is 18.5 Å². The lowest BCUT2D eigenvalue weighted by atomic mass is 10.1. The van der Waals surface area contributed by atoms with Gasteiger partial charge in [-0.15, -0.1) is 0 Å². The van der Waals surface area contributed by atoms with Gasteiger partial charge in [0.05, 0.1) is 36.5 Å². The Kier molecular flexibility index (Phi) is 7.02. The molecule has 0 saturated heterocycles. The van der Waals surface area contributed by atoms with Crippen molar-refractivity contribution in [2.75, 3.05) is 44.7 Å². The number of rotatable bonds is 9. The lowest BCUT2D eigenvalue weighted by molar-refractivity contribution is 0.310. The SMILES string of the molecule is CCOc1cc([C@@H](CS(C)(=O)=O)n2c(=O)[nH]c3cc(-c4nccnc4N(C)C)ccc32)ccc1OC. The highest BCUT2D eigenvalue weighted by Gasteiger charge is 2.25. The number of nitrogens with one attached hydrogen (secondary N) is 1. The first-order valence-corrected chi connectivity index (χ1v) is 13.4. The summed E-state index contributed by atoms with van der Waals surface area (Å²) in [7, 11) is 1.84. The molecule has 2 aromatic carbocycles. The molecule has 0 amide bonds. The van der Waals surface area contributed by atoms with Crippen molar-refractivity contribution in [1.29, 1.82) is 0 Å². The number of hydrogen-bond donors (Lipinski definition) is 1. The molecule has 0 radical (unpaired) electrons. The molecule has 36 heavy (non-hydrogen) atoms. The van der Waals surface area contributed by atoms with Gasteiger partial charge in [-0.2, -0.15) is 0 Å². The van der Waals surface area contributed by atoms with Crippen LogP contribution in [-0.4, -0.2) is 67.8 Å². The molecule has 190 valence electrons. The maximum atomic E-state index is 13.2. The Bertz CT molecular complexity index is 1560. The van der Waals surface area contributed by atoms with E-state index in [1.165, 1.54) is 11.7 Å². The number of aromatic amines is 1. The number of benzene rings is 2. The maximum absolute atomic E-state index is 13.2. The Balaban J connectivity index is 1.89. The minimum atomic E-state index is -3.46. The number of hydrogen-bond acceptors (Lipinski definition) is 8. The third-order valence-electron chi connectivity index (χ3n) is 5.74. The van der Waals surface area contributed by atoms with Gasteiger partial charge in [0.1, 0.15) is 15.5 Å². The molecule has 0 fully saturated rings. The molecule has 1 atom stereocenters. The van der Waals surface area contributed by atoms with Crippen LogP contribution in [0.25, 0.3) is 22.3 Å². The summed E-state index contributed by atoms with van der Waals surface area (Å²) < 4.78 is 37.4. The highest BCUT2D eigenvalue weighted by atomic mass is 32.2. The predicted octanol–water partition coefficient (Wildman–Crippen LogP) is 2.89. The van der Waals surface area contributed by atoms with Crippen molar-refractivity contribution in [3.8, 4) is 22.8 Å². The van der Waals surface area contributed by atoms with Gasteiger partial charge in [0, 0.05) is 38.3 Å². The number of fused-ring (bicyclic) bond motifs is 1. The van der Waals surface area contributed by atoms with Gasteiger partial charge in [0.15, 0.2) is 17.3 Å². The molecule has 1 N–H and O–H groups in total. The number of sulfone groups is 1. The first-order chi connectivity index (χ1) is 17.1. The quantitative estimate of drug-likeness (QED) is 0.364. The molecule has 0 aliphatic rings. The van der Waals surface area contributed by atoms with Crippen molar-refractivity contribution < 1.29 is 17.9 Å². The second kappa shape index (κ2) is 10.0. The molecule has 0 unspecified atom stereocenters. The van der Waals surface area contributed by atoms with Crippen LogP contribution >= 0.6 is 0 Å². The first kappa shape index (κ1) is 25.2. The molecule has 4 rings (SSSR count). The summed E-state index contributed by atoms with van der Waals surface area (Å²) in [4.78, 5) is 26.8. The molecular formula is C25H29N5O5S. The molecule has 0 aliphatic carbocycles. The van der Waals surface area contributed by atoms with Crippen LogP contribution in [0.15, 0.2) is 53.6 Å². The van der Waals surface area contributed by atoms with Crippen LogP contribution in [0.4, 0.5) is 5.82 Å². The van der Waals surface area contributed by atoms with Crippen molar-refractivity contribution in [2.45, 2.75) is 13.0 Å². The summed E-state index contributed by atoms with van der Waals surface area (Å²) in [6.07, 6.45) is 4.39. The van der Waals surface area contributed by atoms with E-state index in [1.54, 1.807) is 36.7 Å². The topological polar surface area (TPSA) is 119 Å². The third kappa shape index (κ3) is 5.06. The minimum Gasteiger partial charge on any atom is -0.493 e. The molecule has 2 heterocycles. The zero-order valence-electron chi connectivity index (χ0n) is 20.8. The fourth-order valence-electron chi connectivity index (χ4n) is 4.22. The molecular weight excluding hydrogens is 482 g/mol. The molecule has 11 heteroatoms. The van der Waals surface area contributed by atoms with Gasteiger partial charge in [-0.25, -0.2) is 18.2 Å². The van der Waals surface area contributed by atoms with Crippen molar-refractivity contribution in [2.24, 2.45) is 0 Å². The van der Waals surface area contributed by atoms with E-state index in [0.717, 1.165) is 11.8 Å². The van der Waals surface area contributed by atoms with Crippen molar-refractivity contribution in [3.63, 3.8) is 0 Å². The Morgan fingerprint density at radius 2 is 1.83 bits per heavy atom. The average molecular weight is 512 g/mol. The molecule has 0 aliphatic heterocycles. The fraction of sp³-hybridized carbons (Fsp3) is 0.320. The van der Waals surface area contributed by atoms with E-state index >= 15 is 0 Å². The number of anilines is 1. The molecule has 10 nitrogen and oxygen atoms in total. The third-order valence-corrected chi connectivity index (χ3v) is 6.66. The first-order valence-electron chi connectivity index (χ1n) is 11.3. The van der Waals surface area contributed by atoms with E-state index < -0.39 is 21.6 Å². The van der Waals surface area contributed by atoms with Gasteiger partial charge < -0.3 is 19.4 Å². The minimum absolute atomic E-state index is 0.269. The Morgan fingerprint density at radius 1 is 1.08 bits per heavy atom. The largest absolute Gasteiger partial charge is 0.493 e. The number of imidazole rings is 1. The van der Waals surface area contributed by atoms with E-state index in [0.29, 0.717) is 46.2 Å². The second-order valence-electron chi connectivity index (χ2n) is 8.61. The summed E-state index contributed by atoms with van der Waals surface area (Å²) in [5, 5.41) is 0. The highest BCUT2D eigenvalue weighted by Crippen LogP contribution is 2.34. The zero-order chi connectivity index (χ0) is 26.0. The summed E-state index contributed by atoms with van der Waals surface area (Å²) in [5.74, 6) is 1.42. The smallest absolute Gasteiger partial charge is 0.327 e.